The average Bonchev–Trinajstić information content (AvgIpc) is 2.65. The molecular weight excluding hydrogens is 276 g/mol. The number of ketones is 1. The number of halogens is 1. The van der Waals surface area contributed by atoms with Gasteiger partial charge in [0.25, 0.3) is 0 Å². The molecule has 1 aliphatic rings. The summed E-state index contributed by atoms with van der Waals surface area (Å²) in [6.07, 6.45) is 1.05. The Kier molecular flexibility index (Phi) is 5.40. The summed E-state index contributed by atoms with van der Waals surface area (Å²) in [6.45, 7) is 6.23. The van der Waals surface area contributed by atoms with E-state index < -0.39 is 0 Å². The standard InChI is InChI=1S/C15H21ClN2O2/c1-12(20)13-3-4-15(14(16)11-13)18-6-2-5-17(7-8-18)9-10-19/h3-4,11,19H,2,5-10H2,1H3. The fourth-order valence-electron chi connectivity index (χ4n) is 2.56. The molecule has 0 spiro atoms. The maximum absolute atomic E-state index is 11.4. The van der Waals surface area contributed by atoms with E-state index in [9.17, 15) is 4.79 Å². The Hall–Kier alpha value is -1.10. The highest BCUT2D eigenvalue weighted by molar-refractivity contribution is 6.33. The molecule has 1 heterocycles. The van der Waals surface area contributed by atoms with Crippen LogP contribution in [0.25, 0.3) is 0 Å². The van der Waals surface area contributed by atoms with Crippen LogP contribution in [0.5, 0.6) is 0 Å². The lowest BCUT2D eigenvalue weighted by Gasteiger charge is -2.24. The monoisotopic (exact) mass is 296 g/mol. The number of hydrogen-bond donors (Lipinski definition) is 1. The minimum absolute atomic E-state index is 0.0310. The Bertz CT molecular complexity index is 479. The first-order valence-corrected chi connectivity index (χ1v) is 7.38. The molecule has 110 valence electrons. The lowest BCUT2D eigenvalue weighted by molar-refractivity contribution is 0.101. The number of rotatable bonds is 4. The number of benzene rings is 1. The van der Waals surface area contributed by atoms with Gasteiger partial charge in [-0.05, 0) is 38.1 Å². The van der Waals surface area contributed by atoms with E-state index in [1.54, 1.807) is 13.0 Å². The minimum Gasteiger partial charge on any atom is -0.395 e. The molecule has 1 aromatic rings. The van der Waals surface area contributed by atoms with Gasteiger partial charge in [-0.1, -0.05) is 11.6 Å². The molecule has 0 unspecified atom stereocenters. The maximum atomic E-state index is 11.4. The molecular formula is C15H21ClN2O2. The number of hydrogen-bond acceptors (Lipinski definition) is 4. The van der Waals surface area contributed by atoms with Crippen LogP contribution < -0.4 is 4.90 Å². The Labute approximate surface area is 124 Å². The fraction of sp³-hybridized carbons (Fsp3) is 0.533. The second kappa shape index (κ2) is 7.07. The van der Waals surface area contributed by atoms with Crippen molar-refractivity contribution in [1.29, 1.82) is 0 Å². The molecule has 1 saturated heterocycles. The molecule has 1 N–H and O–H groups in total. The van der Waals surface area contributed by atoms with Crippen molar-refractivity contribution in [3.63, 3.8) is 0 Å². The summed E-state index contributed by atoms with van der Waals surface area (Å²) in [5.41, 5.74) is 1.64. The summed E-state index contributed by atoms with van der Waals surface area (Å²) in [5.74, 6) is 0.0310. The molecule has 0 saturated carbocycles. The van der Waals surface area contributed by atoms with Gasteiger partial charge < -0.3 is 10.0 Å². The number of anilines is 1. The van der Waals surface area contributed by atoms with E-state index in [1.807, 2.05) is 12.1 Å². The van der Waals surface area contributed by atoms with E-state index in [2.05, 4.69) is 9.80 Å². The van der Waals surface area contributed by atoms with Crippen molar-refractivity contribution in [2.45, 2.75) is 13.3 Å². The van der Waals surface area contributed by atoms with E-state index in [4.69, 9.17) is 16.7 Å². The second-order valence-electron chi connectivity index (χ2n) is 5.13. The number of carbonyl (C=O) groups is 1. The number of aliphatic hydroxyl groups is 1. The molecule has 4 nitrogen and oxygen atoms in total. The van der Waals surface area contributed by atoms with Gasteiger partial charge in [-0.15, -0.1) is 0 Å². The maximum Gasteiger partial charge on any atom is 0.159 e. The molecule has 0 aromatic heterocycles. The summed E-state index contributed by atoms with van der Waals surface area (Å²) >= 11 is 6.31. The molecule has 20 heavy (non-hydrogen) atoms. The van der Waals surface area contributed by atoms with Crippen molar-refractivity contribution in [3.8, 4) is 0 Å². The van der Waals surface area contributed by atoms with Gasteiger partial charge in [-0.25, -0.2) is 0 Å². The number of carbonyl (C=O) groups excluding carboxylic acids is 1. The number of Topliss-reactive ketones (excluding diaryl/α,β-unsaturated/α-hetero) is 1. The van der Waals surface area contributed by atoms with Gasteiger partial charge in [-0.3, -0.25) is 9.69 Å². The van der Waals surface area contributed by atoms with E-state index in [1.165, 1.54) is 0 Å². The summed E-state index contributed by atoms with van der Waals surface area (Å²) in [6, 6.07) is 5.51. The number of aliphatic hydroxyl groups excluding tert-OH is 1. The van der Waals surface area contributed by atoms with Crippen molar-refractivity contribution in [2.24, 2.45) is 0 Å². The first kappa shape index (κ1) is 15.3. The van der Waals surface area contributed by atoms with Crippen molar-refractivity contribution < 1.29 is 9.90 Å². The third-order valence-corrected chi connectivity index (χ3v) is 4.00. The summed E-state index contributed by atoms with van der Waals surface area (Å²) in [5, 5.41) is 9.64. The van der Waals surface area contributed by atoms with Gasteiger partial charge in [-0.2, -0.15) is 0 Å². The van der Waals surface area contributed by atoms with Crippen molar-refractivity contribution in [2.75, 3.05) is 44.2 Å². The van der Waals surface area contributed by atoms with E-state index in [0.29, 0.717) is 10.6 Å². The highest BCUT2D eigenvalue weighted by Crippen LogP contribution is 2.28. The Morgan fingerprint density at radius 1 is 1.30 bits per heavy atom. The molecule has 2 rings (SSSR count). The SMILES string of the molecule is CC(=O)c1ccc(N2CCCN(CCO)CC2)c(Cl)c1. The van der Waals surface area contributed by atoms with Crippen LogP contribution in [0.2, 0.25) is 5.02 Å². The molecule has 1 fully saturated rings. The van der Waals surface area contributed by atoms with E-state index in [-0.39, 0.29) is 12.4 Å². The highest BCUT2D eigenvalue weighted by atomic mass is 35.5. The second-order valence-corrected chi connectivity index (χ2v) is 5.54. The van der Waals surface area contributed by atoms with Gasteiger partial charge >= 0.3 is 0 Å². The average molecular weight is 297 g/mol. The quantitative estimate of drug-likeness (QED) is 0.864. The zero-order chi connectivity index (χ0) is 14.5. The van der Waals surface area contributed by atoms with Crippen LogP contribution in [-0.4, -0.2) is 55.1 Å². The largest absolute Gasteiger partial charge is 0.395 e. The van der Waals surface area contributed by atoms with Crippen molar-refractivity contribution in [1.82, 2.24) is 4.90 Å². The zero-order valence-electron chi connectivity index (χ0n) is 11.8. The van der Waals surface area contributed by atoms with Crippen LogP contribution in [0.1, 0.15) is 23.7 Å². The molecule has 0 radical (unpaired) electrons. The molecule has 0 atom stereocenters. The first-order valence-electron chi connectivity index (χ1n) is 7.00. The van der Waals surface area contributed by atoms with Gasteiger partial charge in [0.1, 0.15) is 0 Å². The van der Waals surface area contributed by atoms with E-state index in [0.717, 1.165) is 44.8 Å². The van der Waals surface area contributed by atoms with Gasteiger partial charge in [0.2, 0.25) is 0 Å². The lowest BCUT2D eigenvalue weighted by atomic mass is 10.1. The van der Waals surface area contributed by atoms with Crippen LogP contribution in [0.15, 0.2) is 18.2 Å². The smallest absolute Gasteiger partial charge is 0.159 e. The van der Waals surface area contributed by atoms with E-state index >= 15 is 0 Å². The minimum atomic E-state index is 0.0310. The van der Waals surface area contributed by atoms with Crippen LogP contribution in [0, 0.1) is 0 Å². The van der Waals surface area contributed by atoms with Gasteiger partial charge in [0.05, 0.1) is 17.3 Å². The highest BCUT2D eigenvalue weighted by Gasteiger charge is 2.17. The van der Waals surface area contributed by atoms with Crippen LogP contribution in [0.3, 0.4) is 0 Å². The van der Waals surface area contributed by atoms with Gasteiger partial charge in [0.15, 0.2) is 5.78 Å². The fourth-order valence-corrected chi connectivity index (χ4v) is 2.86. The number of β-amino-alcohol motifs (C(OH)–C–C–N with tert-alkyl or cyclic N) is 1. The van der Waals surface area contributed by atoms with Crippen LogP contribution in [-0.2, 0) is 0 Å². The van der Waals surface area contributed by atoms with Crippen molar-refractivity contribution in [3.05, 3.63) is 28.8 Å². The zero-order valence-corrected chi connectivity index (χ0v) is 12.6. The summed E-state index contributed by atoms with van der Waals surface area (Å²) < 4.78 is 0. The number of nitrogens with zero attached hydrogens (tertiary/aromatic N) is 2. The predicted molar refractivity (Wildman–Crippen MR) is 81.8 cm³/mol. The third kappa shape index (κ3) is 3.72. The molecule has 0 aliphatic carbocycles. The van der Waals surface area contributed by atoms with Gasteiger partial charge in [0, 0.05) is 31.7 Å². The molecule has 0 bridgehead atoms. The molecule has 1 aliphatic heterocycles. The molecule has 5 heteroatoms. The normalized spacial score (nSPS) is 17.1. The van der Waals surface area contributed by atoms with Crippen LogP contribution in [0.4, 0.5) is 5.69 Å². The predicted octanol–water partition coefficient (Wildman–Crippen LogP) is 2.05. The topological polar surface area (TPSA) is 43.8 Å². The third-order valence-electron chi connectivity index (χ3n) is 3.70. The Morgan fingerprint density at radius 2 is 2.10 bits per heavy atom. The molecule has 0 amide bonds. The van der Waals surface area contributed by atoms with Crippen molar-refractivity contribution >= 4 is 23.1 Å². The Balaban J connectivity index is 2.09. The first-order chi connectivity index (χ1) is 9.61. The summed E-state index contributed by atoms with van der Waals surface area (Å²) in [4.78, 5) is 15.9. The lowest BCUT2D eigenvalue weighted by Crippen LogP contribution is -2.32. The Morgan fingerprint density at radius 3 is 2.75 bits per heavy atom. The van der Waals surface area contributed by atoms with Crippen LogP contribution >= 0.6 is 11.6 Å². The summed E-state index contributed by atoms with van der Waals surface area (Å²) in [7, 11) is 0. The molecule has 1 aromatic carbocycles.